The summed E-state index contributed by atoms with van der Waals surface area (Å²) in [6, 6.07) is 19.1. The Labute approximate surface area is 273 Å². The van der Waals surface area contributed by atoms with E-state index in [1.165, 1.54) is 35.7 Å². The molecule has 0 aliphatic carbocycles. The van der Waals surface area contributed by atoms with Gasteiger partial charge in [0.1, 0.15) is 5.75 Å². The second-order valence-electron chi connectivity index (χ2n) is 11.9. The number of benzene rings is 3. The molecule has 0 radical (unpaired) electrons. The SMILES string of the molecule is CCCN(CCC)C(=O)c1cc(N)cc(C(=O)N[C@@H](Cc2ccccc2)[C@H](O)CN(CC(C)C)S(=O)(=O)c2ccc(OC)cc2)c1. The molecule has 10 nitrogen and oxygen atoms in total. The van der Waals surface area contributed by atoms with Crippen LogP contribution < -0.4 is 15.8 Å². The lowest BCUT2D eigenvalue weighted by atomic mass is 9.99. The van der Waals surface area contributed by atoms with Crippen molar-refractivity contribution in [3.63, 3.8) is 0 Å². The molecule has 3 rings (SSSR count). The highest BCUT2D eigenvalue weighted by Crippen LogP contribution is 2.22. The summed E-state index contributed by atoms with van der Waals surface area (Å²) in [5.41, 5.74) is 7.74. The van der Waals surface area contributed by atoms with Crippen molar-refractivity contribution in [2.24, 2.45) is 5.92 Å². The molecule has 0 aliphatic rings. The highest BCUT2D eigenvalue weighted by atomic mass is 32.2. The highest BCUT2D eigenvalue weighted by molar-refractivity contribution is 7.89. The quantitative estimate of drug-likeness (QED) is 0.181. The van der Waals surface area contributed by atoms with Gasteiger partial charge in [0, 0.05) is 43.0 Å². The van der Waals surface area contributed by atoms with Crippen LogP contribution in [0.5, 0.6) is 5.75 Å². The van der Waals surface area contributed by atoms with Crippen LogP contribution in [0, 0.1) is 5.92 Å². The number of methoxy groups -OCH3 is 1. The summed E-state index contributed by atoms with van der Waals surface area (Å²) in [7, 11) is -2.49. The molecule has 4 N–H and O–H groups in total. The number of carbonyl (C=O) groups is 2. The van der Waals surface area contributed by atoms with E-state index < -0.39 is 28.1 Å². The largest absolute Gasteiger partial charge is 0.497 e. The zero-order chi connectivity index (χ0) is 33.9. The van der Waals surface area contributed by atoms with Crippen molar-refractivity contribution < 1.29 is 27.9 Å². The average molecular weight is 653 g/mol. The number of rotatable bonds is 17. The summed E-state index contributed by atoms with van der Waals surface area (Å²) >= 11 is 0. The second kappa shape index (κ2) is 17.1. The Kier molecular flexibility index (Phi) is 13.6. The molecular weight excluding hydrogens is 604 g/mol. The van der Waals surface area contributed by atoms with Crippen LogP contribution in [0.1, 0.15) is 66.8 Å². The summed E-state index contributed by atoms with van der Waals surface area (Å²) in [5.74, 6) is -0.258. The Balaban J connectivity index is 1.93. The second-order valence-corrected chi connectivity index (χ2v) is 13.8. The smallest absolute Gasteiger partial charge is 0.253 e. The number of nitrogens with two attached hydrogens (primary N) is 1. The van der Waals surface area contributed by atoms with Crippen LogP contribution in [0.4, 0.5) is 5.69 Å². The van der Waals surface area contributed by atoms with Gasteiger partial charge in [-0.15, -0.1) is 0 Å². The molecule has 2 amide bonds. The van der Waals surface area contributed by atoms with Crippen LogP contribution in [0.3, 0.4) is 0 Å². The highest BCUT2D eigenvalue weighted by Gasteiger charge is 2.32. The Morgan fingerprint density at radius 1 is 0.913 bits per heavy atom. The molecule has 0 heterocycles. The molecule has 0 aromatic heterocycles. The molecule has 3 aromatic rings. The van der Waals surface area contributed by atoms with Crippen molar-refractivity contribution in [1.29, 1.82) is 0 Å². The summed E-state index contributed by atoms with van der Waals surface area (Å²) < 4.78 is 33.9. The van der Waals surface area contributed by atoms with Gasteiger partial charge < -0.3 is 25.8 Å². The molecule has 0 saturated carbocycles. The standard InChI is InChI=1S/C35H48N4O6S/c1-6-17-38(18-7-2)35(42)28-20-27(21-29(36)22-28)34(41)37-32(19-26-11-9-8-10-12-26)33(40)24-39(23-25(3)4)46(43,44)31-15-13-30(45-5)14-16-31/h8-16,20-22,25,32-33,40H,6-7,17-19,23-24,36H2,1-5H3,(H,37,41)/t32-,33+/m0/s1. The fraction of sp³-hybridized carbons (Fsp3) is 0.429. The van der Waals surface area contributed by atoms with Crippen molar-refractivity contribution in [2.75, 3.05) is 39.0 Å². The average Bonchev–Trinajstić information content (AvgIpc) is 3.03. The summed E-state index contributed by atoms with van der Waals surface area (Å²) in [6.45, 7) is 8.85. The first-order chi connectivity index (χ1) is 21.9. The van der Waals surface area contributed by atoms with Gasteiger partial charge in [-0.1, -0.05) is 58.0 Å². The number of carbonyl (C=O) groups excluding carboxylic acids is 2. The number of anilines is 1. The maximum absolute atomic E-state index is 13.8. The van der Waals surface area contributed by atoms with E-state index in [4.69, 9.17) is 10.5 Å². The number of nitrogen functional groups attached to an aromatic ring is 1. The Hall–Kier alpha value is -3.93. The van der Waals surface area contributed by atoms with Gasteiger partial charge in [0.2, 0.25) is 10.0 Å². The summed E-state index contributed by atoms with van der Waals surface area (Å²) in [6.07, 6.45) is 0.550. The molecule has 0 aliphatic heterocycles. The van der Waals surface area contributed by atoms with Crippen LogP contribution in [0.2, 0.25) is 0 Å². The normalized spacial score (nSPS) is 13.0. The van der Waals surface area contributed by atoms with Gasteiger partial charge in [-0.2, -0.15) is 4.31 Å². The van der Waals surface area contributed by atoms with E-state index in [2.05, 4.69) is 5.32 Å². The van der Waals surface area contributed by atoms with Crippen molar-refractivity contribution in [3.8, 4) is 5.75 Å². The van der Waals surface area contributed by atoms with E-state index in [1.54, 1.807) is 23.1 Å². The third kappa shape index (κ3) is 10.0. The number of aliphatic hydroxyl groups excluding tert-OH is 1. The fourth-order valence-electron chi connectivity index (χ4n) is 5.26. The zero-order valence-corrected chi connectivity index (χ0v) is 28.3. The Morgan fingerprint density at radius 3 is 2.09 bits per heavy atom. The zero-order valence-electron chi connectivity index (χ0n) is 27.5. The lowest BCUT2D eigenvalue weighted by Gasteiger charge is -2.31. The van der Waals surface area contributed by atoms with E-state index >= 15 is 0 Å². The maximum atomic E-state index is 13.8. The first-order valence-corrected chi connectivity index (χ1v) is 17.2. The number of nitrogens with one attached hydrogen (secondary N) is 1. The third-order valence-electron chi connectivity index (χ3n) is 7.47. The number of hydrogen-bond donors (Lipinski definition) is 3. The van der Waals surface area contributed by atoms with E-state index in [0.29, 0.717) is 24.4 Å². The Bertz CT molecular complexity index is 1520. The number of ether oxygens (including phenoxy) is 1. The minimum Gasteiger partial charge on any atom is -0.497 e. The molecule has 0 bridgehead atoms. The summed E-state index contributed by atoms with van der Waals surface area (Å²) in [5, 5.41) is 14.5. The van der Waals surface area contributed by atoms with Gasteiger partial charge in [0.05, 0.1) is 24.2 Å². The van der Waals surface area contributed by atoms with Crippen molar-refractivity contribution >= 4 is 27.5 Å². The molecule has 250 valence electrons. The molecular formula is C35H48N4O6S. The van der Waals surface area contributed by atoms with Crippen molar-refractivity contribution in [2.45, 2.75) is 64.0 Å². The van der Waals surface area contributed by atoms with Gasteiger partial charge in [0.25, 0.3) is 11.8 Å². The van der Waals surface area contributed by atoms with Crippen LogP contribution in [0.15, 0.2) is 77.7 Å². The molecule has 0 saturated heterocycles. The van der Waals surface area contributed by atoms with Crippen LogP contribution in [-0.2, 0) is 16.4 Å². The first kappa shape index (κ1) is 36.5. The van der Waals surface area contributed by atoms with Crippen molar-refractivity contribution in [3.05, 3.63) is 89.5 Å². The van der Waals surface area contributed by atoms with Gasteiger partial charge in [-0.25, -0.2) is 8.42 Å². The Morgan fingerprint density at radius 2 is 1.52 bits per heavy atom. The van der Waals surface area contributed by atoms with Gasteiger partial charge in [-0.3, -0.25) is 9.59 Å². The van der Waals surface area contributed by atoms with E-state index in [1.807, 2.05) is 58.0 Å². The van der Waals surface area contributed by atoms with Gasteiger partial charge in [0.15, 0.2) is 0 Å². The minimum atomic E-state index is -4.00. The molecule has 46 heavy (non-hydrogen) atoms. The number of aliphatic hydroxyl groups is 1. The lowest BCUT2D eigenvalue weighted by molar-refractivity contribution is 0.0755. The lowest BCUT2D eigenvalue weighted by Crippen LogP contribution is -2.51. The van der Waals surface area contributed by atoms with E-state index in [-0.39, 0.29) is 47.5 Å². The monoisotopic (exact) mass is 652 g/mol. The van der Waals surface area contributed by atoms with Crippen LogP contribution >= 0.6 is 0 Å². The van der Waals surface area contributed by atoms with Crippen LogP contribution in [0.25, 0.3) is 0 Å². The maximum Gasteiger partial charge on any atom is 0.253 e. The van der Waals surface area contributed by atoms with Gasteiger partial charge >= 0.3 is 0 Å². The molecule has 3 aromatic carbocycles. The number of amides is 2. The summed E-state index contributed by atoms with van der Waals surface area (Å²) in [4.78, 5) is 28.8. The first-order valence-electron chi connectivity index (χ1n) is 15.8. The van der Waals surface area contributed by atoms with Gasteiger partial charge in [-0.05, 0) is 73.2 Å². The number of nitrogens with zero attached hydrogens (tertiary/aromatic N) is 2. The molecule has 11 heteroatoms. The van der Waals surface area contributed by atoms with E-state index in [9.17, 15) is 23.1 Å². The van der Waals surface area contributed by atoms with E-state index in [0.717, 1.165) is 18.4 Å². The van der Waals surface area contributed by atoms with Crippen LogP contribution in [-0.4, -0.2) is 80.0 Å². The topological polar surface area (TPSA) is 142 Å². The predicted molar refractivity (Wildman–Crippen MR) is 181 cm³/mol. The molecule has 2 atom stereocenters. The number of sulfonamides is 1. The predicted octanol–water partition coefficient (Wildman–Crippen LogP) is 4.59. The number of hydrogen-bond acceptors (Lipinski definition) is 7. The fourth-order valence-corrected chi connectivity index (χ4v) is 6.88. The molecule has 0 unspecified atom stereocenters. The third-order valence-corrected chi connectivity index (χ3v) is 9.32. The minimum absolute atomic E-state index is 0.0365. The molecule has 0 spiro atoms. The molecule has 0 fully saturated rings. The van der Waals surface area contributed by atoms with Crippen molar-refractivity contribution in [1.82, 2.24) is 14.5 Å².